The Morgan fingerprint density at radius 3 is 2.00 bits per heavy atom. The van der Waals surface area contributed by atoms with Gasteiger partial charge in [0.15, 0.2) is 0 Å². The number of hydrogen-bond donors (Lipinski definition) is 0. The number of hydroxylamine groups is 2. The van der Waals surface area contributed by atoms with E-state index >= 15 is 0 Å². The van der Waals surface area contributed by atoms with Crippen LogP contribution < -0.4 is 0 Å². The lowest BCUT2D eigenvalue weighted by molar-refractivity contribution is -0.189. The average molecular weight is 213 g/mol. The summed E-state index contributed by atoms with van der Waals surface area (Å²) in [5.41, 5.74) is 0.318. The van der Waals surface area contributed by atoms with Gasteiger partial charge in [-0.05, 0) is 13.8 Å². The molecule has 0 fully saturated rings. The van der Waals surface area contributed by atoms with Gasteiger partial charge in [-0.3, -0.25) is 4.79 Å². The minimum atomic E-state index is -0.622. The first-order chi connectivity index (χ1) is 6.84. The van der Waals surface area contributed by atoms with Crippen LogP contribution in [0.25, 0.3) is 0 Å². The molecular formula is C10H15NO4. The number of allylic oxidation sites excluding steroid dienone is 1. The monoisotopic (exact) mass is 213 g/mol. The highest BCUT2D eigenvalue weighted by Crippen LogP contribution is 2.05. The number of rotatable bonds is 4. The molecule has 0 aromatic carbocycles. The zero-order valence-electron chi connectivity index (χ0n) is 9.20. The van der Waals surface area contributed by atoms with E-state index in [0.717, 1.165) is 5.06 Å². The topological polar surface area (TPSA) is 63.7 Å². The van der Waals surface area contributed by atoms with Gasteiger partial charge in [0.2, 0.25) is 0 Å². The van der Waals surface area contributed by atoms with Crippen molar-refractivity contribution in [3.05, 3.63) is 12.3 Å². The van der Waals surface area contributed by atoms with E-state index in [4.69, 9.17) is 4.84 Å². The lowest BCUT2D eigenvalue weighted by atomic mass is 10.2. The van der Waals surface area contributed by atoms with Crippen molar-refractivity contribution in [2.24, 2.45) is 0 Å². The highest BCUT2D eigenvalue weighted by atomic mass is 16.7. The number of hydrogen-bond acceptors (Lipinski definition) is 4. The molecular weight excluding hydrogens is 198 g/mol. The van der Waals surface area contributed by atoms with Gasteiger partial charge in [-0.1, -0.05) is 6.58 Å². The standard InChI is InChI=1S/C10H15NO4/c1-7(2)11(9(4)13)15-10(14)6-5-8(3)12/h1,5-6H2,2-4H3. The molecule has 0 rings (SSSR count). The second kappa shape index (κ2) is 5.95. The van der Waals surface area contributed by atoms with E-state index in [0.29, 0.717) is 5.70 Å². The van der Waals surface area contributed by atoms with Crippen LogP contribution in [0.15, 0.2) is 12.3 Å². The molecule has 0 heterocycles. The maximum Gasteiger partial charge on any atom is 0.333 e. The van der Waals surface area contributed by atoms with Gasteiger partial charge in [0.05, 0.1) is 12.1 Å². The van der Waals surface area contributed by atoms with Crippen molar-refractivity contribution in [3.8, 4) is 0 Å². The van der Waals surface area contributed by atoms with Crippen molar-refractivity contribution in [2.45, 2.75) is 33.6 Å². The predicted octanol–water partition coefficient (Wildman–Crippen LogP) is 1.20. The molecule has 84 valence electrons. The molecule has 0 atom stereocenters. The van der Waals surface area contributed by atoms with Gasteiger partial charge < -0.3 is 9.63 Å². The average Bonchev–Trinajstić information content (AvgIpc) is 2.09. The summed E-state index contributed by atoms with van der Waals surface area (Å²) in [6, 6.07) is 0. The van der Waals surface area contributed by atoms with Gasteiger partial charge in [0.25, 0.3) is 5.91 Å². The van der Waals surface area contributed by atoms with Crippen molar-refractivity contribution >= 4 is 17.7 Å². The van der Waals surface area contributed by atoms with E-state index in [1.165, 1.54) is 13.8 Å². The minimum Gasteiger partial charge on any atom is -0.334 e. The minimum absolute atomic E-state index is 0.0353. The van der Waals surface area contributed by atoms with Gasteiger partial charge in [-0.25, -0.2) is 4.79 Å². The largest absolute Gasteiger partial charge is 0.334 e. The van der Waals surface area contributed by atoms with Crippen LogP contribution in [-0.4, -0.2) is 22.7 Å². The summed E-state index contributed by atoms with van der Waals surface area (Å²) in [7, 11) is 0. The van der Waals surface area contributed by atoms with E-state index in [2.05, 4.69) is 6.58 Å². The molecule has 5 nitrogen and oxygen atoms in total. The van der Waals surface area contributed by atoms with Gasteiger partial charge in [0.1, 0.15) is 5.78 Å². The van der Waals surface area contributed by atoms with E-state index in [9.17, 15) is 14.4 Å². The van der Waals surface area contributed by atoms with Crippen molar-refractivity contribution in [1.29, 1.82) is 0 Å². The molecule has 0 bridgehead atoms. The molecule has 0 N–H and O–H groups in total. The third-order valence-electron chi connectivity index (χ3n) is 1.51. The highest BCUT2D eigenvalue weighted by molar-refractivity contribution is 5.82. The van der Waals surface area contributed by atoms with Crippen LogP contribution in [0, 0.1) is 0 Å². The Morgan fingerprint density at radius 1 is 1.13 bits per heavy atom. The summed E-state index contributed by atoms with van der Waals surface area (Å²) in [6.07, 6.45) is 0.0765. The van der Waals surface area contributed by atoms with Gasteiger partial charge in [-0.15, -0.1) is 5.06 Å². The Balaban J connectivity index is 4.18. The van der Waals surface area contributed by atoms with E-state index in [-0.39, 0.29) is 18.6 Å². The maximum atomic E-state index is 11.2. The molecule has 0 aliphatic carbocycles. The molecule has 1 amide bonds. The summed E-state index contributed by atoms with van der Waals surface area (Å²) < 4.78 is 0. The van der Waals surface area contributed by atoms with E-state index in [1.54, 1.807) is 6.92 Å². The summed E-state index contributed by atoms with van der Waals surface area (Å²) in [5, 5.41) is 0.808. The second-order valence-electron chi connectivity index (χ2n) is 3.21. The molecule has 0 aromatic heterocycles. The zero-order chi connectivity index (χ0) is 12.0. The Kier molecular flexibility index (Phi) is 5.30. The van der Waals surface area contributed by atoms with Crippen LogP contribution >= 0.6 is 0 Å². The third-order valence-corrected chi connectivity index (χ3v) is 1.51. The molecule has 0 aromatic rings. The fourth-order valence-electron chi connectivity index (χ4n) is 0.837. The van der Waals surface area contributed by atoms with Crippen molar-refractivity contribution in [3.63, 3.8) is 0 Å². The lowest BCUT2D eigenvalue weighted by Crippen LogP contribution is -2.29. The van der Waals surface area contributed by atoms with Crippen LogP contribution in [0.5, 0.6) is 0 Å². The van der Waals surface area contributed by atoms with Crippen molar-refractivity contribution < 1.29 is 19.2 Å². The molecule has 0 unspecified atom stereocenters. The van der Waals surface area contributed by atoms with Crippen molar-refractivity contribution in [1.82, 2.24) is 5.06 Å². The number of carbonyl (C=O) groups excluding carboxylic acids is 3. The molecule has 0 aliphatic rings. The van der Waals surface area contributed by atoms with Crippen LogP contribution in [0.1, 0.15) is 33.6 Å². The van der Waals surface area contributed by atoms with E-state index in [1.807, 2.05) is 0 Å². The number of Topliss-reactive ketones (excluding diaryl/α,β-unsaturated/α-hetero) is 1. The Hall–Kier alpha value is -1.65. The Morgan fingerprint density at radius 2 is 1.67 bits per heavy atom. The smallest absolute Gasteiger partial charge is 0.333 e. The van der Waals surface area contributed by atoms with Gasteiger partial charge in [0, 0.05) is 13.3 Å². The highest BCUT2D eigenvalue weighted by Gasteiger charge is 2.15. The first kappa shape index (κ1) is 13.4. The number of amides is 1. The number of carbonyl (C=O) groups is 3. The fraction of sp³-hybridized carbons (Fsp3) is 0.500. The van der Waals surface area contributed by atoms with Crippen molar-refractivity contribution in [2.75, 3.05) is 0 Å². The first-order valence-corrected chi connectivity index (χ1v) is 4.51. The third kappa shape index (κ3) is 5.61. The number of ketones is 1. The SMILES string of the molecule is C=C(C)N(OC(=O)CCC(C)=O)C(C)=O. The van der Waals surface area contributed by atoms with Gasteiger partial charge >= 0.3 is 5.97 Å². The molecule has 0 radical (unpaired) electrons. The van der Waals surface area contributed by atoms with Crippen LogP contribution in [0.4, 0.5) is 0 Å². The van der Waals surface area contributed by atoms with Crippen LogP contribution in [0.3, 0.4) is 0 Å². The first-order valence-electron chi connectivity index (χ1n) is 4.51. The predicted molar refractivity (Wildman–Crippen MR) is 53.3 cm³/mol. The Labute approximate surface area is 88.6 Å². The van der Waals surface area contributed by atoms with E-state index < -0.39 is 11.9 Å². The lowest BCUT2D eigenvalue weighted by Gasteiger charge is -2.18. The second-order valence-corrected chi connectivity index (χ2v) is 3.21. The molecule has 0 aliphatic heterocycles. The fourth-order valence-corrected chi connectivity index (χ4v) is 0.837. The normalized spacial score (nSPS) is 9.27. The summed E-state index contributed by atoms with van der Waals surface area (Å²) in [6.45, 7) is 7.67. The molecule has 0 saturated heterocycles. The summed E-state index contributed by atoms with van der Waals surface area (Å²) >= 11 is 0. The molecule has 0 spiro atoms. The molecule has 5 heteroatoms. The van der Waals surface area contributed by atoms with Gasteiger partial charge in [-0.2, -0.15) is 0 Å². The maximum absolute atomic E-state index is 11.2. The molecule has 0 saturated carbocycles. The Bertz CT molecular complexity index is 282. The molecule has 15 heavy (non-hydrogen) atoms. The summed E-state index contributed by atoms with van der Waals surface area (Å²) in [5.74, 6) is -1.15. The summed E-state index contributed by atoms with van der Waals surface area (Å²) in [4.78, 5) is 37.5. The quantitative estimate of drug-likeness (QED) is 0.658. The number of nitrogens with zero attached hydrogens (tertiary/aromatic N) is 1. The van der Waals surface area contributed by atoms with Crippen LogP contribution in [0.2, 0.25) is 0 Å². The van der Waals surface area contributed by atoms with Crippen LogP contribution in [-0.2, 0) is 19.2 Å². The zero-order valence-corrected chi connectivity index (χ0v) is 9.20.